The van der Waals surface area contributed by atoms with Gasteiger partial charge in [-0.2, -0.15) is 0 Å². The third-order valence-corrected chi connectivity index (χ3v) is 10.0. The van der Waals surface area contributed by atoms with Gasteiger partial charge < -0.3 is 24.4 Å². The van der Waals surface area contributed by atoms with E-state index in [1.54, 1.807) is 60.9 Å². The number of para-hydroxylation sites is 1. The number of carbonyl (C=O) groups is 2. The number of aryl methyl sites for hydroxylation is 1. The summed E-state index contributed by atoms with van der Waals surface area (Å²) in [6.07, 6.45) is 3.58. The van der Waals surface area contributed by atoms with E-state index in [0.717, 1.165) is 31.5 Å². The molecule has 51 heavy (non-hydrogen) atoms. The number of hydrogen-bond donors (Lipinski definition) is 0. The van der Waals surface area contributed by atoms with E-state index in [1.807, 2.05) is 13.0 Å². The molecule has 0 aliphatic carbocycles. The van der Waals surface area contributed by atoms with Crippen LogP contribution in [0, 0.1) is 18.7 Å². The number of fused-ring (bicyclic) bond motifs is 3. The molecule has 0 spiro atoms. The third kappa shape index (κ3) is 8.73. The molecular formula is C38H40Cl2FN3O7. The number of ether oxygens (including phenoxy) is 4. The van der Waals surface area contributed by atoms with Crippen molar-refractivity contribution >= 4 is 41.0 Å². The second-order valence-electron chi connectivity index (χ2n) is 12.6. The van der Waals surface area contributed by atoms with Gasteiger partial charge in [0.25, 0.3) is 0 Å². The highest BCUT2D eigenvalue weighted by Gasteiger charge is 2.38. The summed E-state index contributed by atoms with van der Waals surface area (Å²) in [6, 6.07) is 16.5. The third-order valence-electron chi connectivity index (χ3n) is 9.34. The van der Waals surface area contributed by atoms with Gasteiger partial charge >= 0.3 is 12.1 Å². The highest BCUT2D eigenvalue weighted by atomic mass is 35.5. The van der Waals surface area contributed by atoms with Crippen LogP contribution >= 0.6 is 23.2 Å². The van der Waals surface area contributed by atoms with Crippen LogP contribution in [0.25, 0.3) is 0 Å². The summed E-state index contributed by atoms with van der Waals surface area (Å²) in [6.45, 7) is 4.46. The van der Waals surface area contributed by atoms with Crippen LogP contribution in [0.5, 0.6) is 11.5 Å². The number of nitrogens with one attached hydrogen (secondary N) is 1. The topological polar surface area (TPSA) is 122 Å². The van der Waals surface area contributed by atoms with Crippen LogP contribution < -0.4 is 19.4 Å². The van der Waals surface area contributed by atoms with Gasteiger partial charge in [0, 0.05) is 18.5 Å². The number of piperidine rings is 3. The maximum Gasteiger partial charge on any atom is 0.415 e. The van der Waals surface area contributed by atoms with E-state index < -0.39 is 24.0 Å². The number of halogens is 3. The van der Waals surface area contributed by atoms with Crippen molar-refractivity contribution in [1.29, 1.82) is 0 Å². The maximum absolute atomic E-state index is 15.2. The first kappa shape index (κ1) is 37.8. The molecule has 3 aliphatic heterocycles. The number of hydrogen-bond acceptors (Lipinski definition) is 8. The van der Waals surface area contributed by atoms with Crippen LogP contribution in [-0.4, -0.2) is 62.4 Å². The number of carbonyl (C=O) groups excluding carboxylic acids is 2. The van der Waals surface area contributed by atoms with Crippen LogP contribution in [0.4, 0.5) is 14.9 Å². The number of aromatic amines is 1. The van der Waals surface area contributed by atoms with Crippen LogP contribution in [0.3, 0.4) is 0 Å². The predicted octanol–water partition coefficient (Wildman–Crippen LogP) is 7.47. The lowest BCUT2D eigenvalue weighted by Crippen LogP contribution is -2.53. The molecule has 1 amide bonds. The van der Waals surface area contributed by atoms with E-state index in [4.69, 9.17) is 42.1 Å². The first-order valence-electron chi connectivity index (χ1n) is 16.5. The molecule has 7 rings (SSSR count). The minimum absolute atomic E-state index is 0. The second kappa shape index (κ2) is 16.7. The first-order chi connectivity index (χ1) is 24.1. The van der Waals surface area contributed by atoms with Gasteiger partial charge in [0.2, 0.25) is 0 Å². The van der Waals surface area contributed by atoms with E-state index in [2.05, 4.69) is 9.88 Å². The summed E-state index contributed by atoms with van der Waals surface area (Å²) in [4.78, 5) is 34.2. The first-order valence-corrected chi connectivity index (χ1v) is 17.2. The molecule has 13 heteroatoms. The van der Waals surface area contributed by atoms with Crippen molar-refractivity contribution in [2.75, 3.05) is 38.8 Å². The number of nitrogens with zero attached hydrogens (tertiary/aromatic N) is 2. The molecule has 3 fully saturated rings. The zero-order valence-corrected chi connectivity index (χ0v) is 30.0. The monoisotopic (exact) mass is 739 g/mol. The summed E-state index contributed by atoms with van der Waals surface area (Å²) in [5.74, 6) is 0.0856. The van der Waals surface area contributed by atoms with Crippen molar-refractivity contribution in [2.45, 2.75) is 44.9 Å². The van der Waals surface area contributed by atoms with Crippen molar-refractivity contribution in [1.82, 2.24) is 4.90 Å². The van der Waals surface area contributed by atoms with Crippen molar-refractivity contribution < 1.29 is 43.4 Å². The highest BCUT2D eigenvalue weighted by Crippen LogP contribution is 2.36. The fraction of sp³-hybridized carbons (Fsp3) is 0.342. The van der Waals surface area contributed by atoms with E-state index >= 15 is 4.39 Å². The number of esters is 1. The molecule has 3 saturated heterocycles. The van der Waals surface area contributed by atoms with Gasteiger partial charge in [-0.15, -0.1) is 0 Å². The van der Waals surface area contributed by atoms with E-state index in [9.17, 15) is 9.59 Å². The van der Waals surface area contributed by atoms with Crippen molar-refractivity contribution in [3.8, 4) is 11.5 Å². The minimum atomic E-state index is -0.824. The molecule has 2 N–H and O–H groups in total. The lowest BCUT2D eigenvalue weighted by atomic mass is 9.86. The van der Waals surface area contributed by atoms with E-state index in [0.29, 0.717) is 44.8 Å². The van der Waals surface area contributed by atoms with Crippen LogP contribution in [0.15, 0.2) is 73.1 Å². The SMILES string of the molecule is COc1ccc([C@H](Cc2c(Cl)c[nH+]cc2Cl)OC(=O)c2cc(C)cc(CN(C(=O)O[C@H]3CN4CCC3CC4)c3ccccc3F)c2)cc1OC.[OH-]. The summed E-state index contributed by atoms with van der Waals surface area (Å²) < 4.78 is 38.3. The highest BCUT2D eigenvalue weighted by molar-refractivity contribution is 6.35. The zero-order valence-electron chi connectivity index (χ0n) is 28.5. The van der Waals surface area contributed by atoms with E-state index in [-0.39, 0.29) is 41.7 Å². The molecule has 270 valence electrons. The van der Waals surface area contributed by atoms with Gasteiger partial charge in [-0.1, -0.05) is 47.5 Å². The molecule has 10 nitrogen and oxygen atoms in total. The Kier molecular flexibility index (Phi) is 12.4. The number of methoxy groups -OCH3 is 2. The smallest absolute Gasteiger partial charge is 0.415 e. The van der Waals surface area contributed by atoms with Crippen LogP contribution in [-0.2, 0) is 22.4 Å². The van der Waals surface area contributed by atoms with E-state index in [1.165, 1.54) is 25.2 Å². The molecule has 3 aliphatic rings. The molecule has 2 atom stereocenters. The Hall–Kier alpha value is -4.42. The summed E-state index contributed by atoms with van der Waals surface area (Å²) in [7, 11) is 3.06. The number of benzene rings is 3. The Morgan fingerprint density at radius 3 is 2.33 bits per heavy atom. The number of rotatable bonds is 11. The zero-order chi connectivity index (χ0) is 35.4. The lowest BCUT2D eigenvalue weighted by molar-refractivity contribution is -0.377. The summed E-state index contributed by atoms with van der Waals surface area (Å²) >= 11 is 13.0. The summed E-state index contributed by atoms with van der Waals surface area (Å²) in [5, 5.41) is 0.769. The van der Waals surface area contributed by atoms with Gasteiger partial charge in [-0.05, 0) is 91.9 Å². The standard InChI is InChI=1S/C38H38Cl2FN3O6.H2O/c1-23-14-24(21-44(32-7-5-4-6-31(32)41)38(46)50-36-22-43-12-10-25(36)11-13-43)16-27(15-23)37(45)49-34(18-28-29(39)19-42-20-30(28)40)26-8-9-33(47-2)35(17-26)48-3;/h4-9,14-17,19-20,25,34,36H,10-13,18,21-22H2,1-3H3;1H2/t34-,36-;/m0./s1. The van der Waals surface area contributed by atoms with Crippen LogP contribution in [0.1, 0.15) is 51.6 Å². The molecule has 4 aromatic rings. The summed E-state index contributed by atoms with van der Waals surface area (Å²) in [5.41, 5.74) is 2.91. The van der Waals surface area contributed by atoms with Gasteiger partial charge in [0.1, 0.15) is 28.1 Å². The molecule has 2 bridgehead atoms. The number of anilines is 1. The predicted molar refractivity (Wildman–Crippen MR) is 190 cm³/mol. The Labute approximate surface area is 306 Å². The Morgan fingerprint density at radius 2 is 1.69 bits per heavy atom. The van der Waals surface area contributed by atoms with Crippen LogP contribution in [0.2, 0.25) is 10.0 Å². The number of amides is 1. The van der Waals surface area contributed by atoms with Gasteiger partial charge in [0.15, 0.2) is 23.9 Å². The normalized spacial score (nSPS) is 18.3. The van der Waals surface area contributed by atoms with Gasteiger partial charge in [-0.3, -0.25) is 9.80 Å². The average Bonchev–Trinajstić information content (AvgIpc) is 3.12. The second-order valence-corrected chi connectivity index (χ2v) is 13.5. The molecule has 0 radical (unpaired) electrons. The minimum Gasteiger partial charge on any atom is -0.870 e. The number of aromatic nitrogens is 1. The Morgan fingerprint density at radius 1 is 0.980 bits per heavy atom. The molecule has 0 saturated carbocycles. The Bertz CT molecular complexity index is 1850. The Balaban J connectivity index is 0.00000504. The average molecular weight is 741 g/mol. The maximum atomic E-state index is 15.2. The largest absolute Gasteiger partial charge is 0.870 e. The van der Waals surface area contributed by atoms with Gasteiger partial charge in [0.05, 0.1) is 32.0 Å². The quantitative estimate of drug-likeness (QED) is 0.145. The van der Waals surface area contributed by atoms with Gasteiger partial charge in [-0.25, -0.2) is 19.0 Å². The molecule has 4 heterocycles. The molecule has 1 aromatic heterocycles. The van der Waals surface area contributed by atoms with Crippen molar-refractivity contribution in [3.63, 3.8) is 0 Å². The fourth-order valence-electron chi connectivity index (χ4n) is 6.74. The van der Waals surface area contributed by atoms with Crippen molar-refractivity contribution in [2.24, 2.45) is 5.92 Å². The molecular weight excluding hydrogens is 700 g/mol. The molecule has 0 unspecified atom stereocenters. The van der Waals surface area contributed by atoms with Crippen molar-refractivity contribution in [3.05, 3.63) is 117 Å². The molecule has 3 aromatic carbocycles. The lowest BCUT2D eigenvalue weighted by Gasteiger charge is -2.44. The number of pyridine rings is 1. The fourth-order valence-corrected chi connectivity index (χ4v) is 7.28. The number of H-pyrrole nitrogens is 1.